The number of aryl methyl sites for hydroxylation is 1. The molecule has 0 fully saturated rings. The number of thiophene rings is 1. The van der Waals surface area contributed by atoms with E-state index in [2.05, 4.69) is 16.0 Å². The second-order valence-electron chi connectivity index (χ2n) is 6.10. The molecule has 0 aliphatic rings. The zero-order valence-electron chi connectivity index (χ0n) is 14.8. The first-order chi connectivity index (χ1) is 13.5. The van der Waals surface area contributed by atoms with Crippen molar-refractivity contribution in [2.24, 2.45) is 0 Å². The Kier molecular flexibility index (Phi) is 4.54. The summed E-state index contributed by atoms with van der Waals surface area (Å²) in [5.41, 5.74) is 6.06. The fraction of sp³-hybridized carbons (Fsp3) is 0.0500. The van der Waals surface area contributed by atoms with Crippen molar-refractivity contribution in [2.75, 3.05) is 0 Å². The maximum atomic E-state index is 12.5. The topological polar surface area (TPSA) is 96.3 Å². The van der Waals surface area contributed by atoms with Gasteiger partial charge in [0, 0.05) is 4.70 Å². The molecule has 0 spiro atoms. The number of carbonyl (C=O) groups is 2. The molecule has 7 nitrogen and oxygen atoms in total. The van der Waals surface area contributed by atoms with Gasteiger partial charge in [0.2, 0.25) is 0 Å². The molecule has 8 heteroatoms. The van der Waals surface area contributed by atoms with Gasteiger partial charge >= 0.3 is 0 Å². The zero-order chi connectivity index (χ0) is 19.7. The van der Waals surface area contributed by atoms with Crippen LogP contribution in [-0.2, 0) is 0 Å². The number of aromatic hydroxyl groups is 1. The molecular weight excluding hydrogens is 376 g/mol. The number of aromatic nitrogens is 2. The number of nitrogens with zero attached hydrogens (tertiary/aromatic N) is 2. The Morgan fingerprint density at radius 1 is 1.00 bits per heavy atom. The van der Waals surface area contributed by atoms with Crippen molar-refractivity contribution in [1.29, 1.82) is 0 Å². The maximum Gasteiger partial charge on any atom is 0.294 e. The molecule has 0 bridgehead atoms. The van der Waals surface area contributed by atoms with Gasteiger partial charge in [-0.3, -0.25) is 20.4 Å². The Hall–Kier alpha value is -3.65. The molecule has 0 saturated heterocycles. The van der Waals surface area contributed by atoms with Gasteiger partial charge in [-0.25, -0.2) is 4.68 Å². The van der Waals surface area contributed by atoms with E-state index in [1.54, 1.807) is 12.1 Å². The van der Waals surface area contributed by atoms with E-state index in [0.717, 1.165) is 15.6 Å². The molecular formula is C20H16N4O3S. The third kappa shape index (κ3) is 3.21. The van der Waals surface area contributed by atoms with Gasteiger partial charge in [0.25, 0.3) is 11.8 Å². The normalized spacial score (nSPS) is 10.8. The molecule has 4 aromatic rings. The van der Waals surface area contributed by atoms with Crippen LogP contribution < -0.4 is 10.9 Å². The van der Waals surface area contributed by atoms with Crippen LogP contribution in [0.1, 0.15) is 25.7 Å². The Labute approximate surface area is 164 Å². The smallest absolute Gasteiger partial charge is 0.294 e. The summed E-state index contributed by atoms with van der Waals surface area (Å²) in [6.45, 7) is 1.86. The van der Waals surface area contributed by atoms with Crippen molar-refractivity contribution >= 4 is 33.2 Å². The zero-order valence-corrected chi connectivity index (χ0v) is 15.7. The molecule has 0 radical (unpaired) electrons. The average Bonchev–Trinajstić information content (AvgIpc) is 3.27. The molecule has 0 saturated carbocycles. The minimum absolute atomic E-state index is 0.183. The van der Waals surface area contributed by atoms with E-state index in [-0.39, 0.29) is 11.4 Å². The van der Waals surface area contributed by atoms with Gasteiger partial charge in [0.15, 0.2) is 11.4 Å². The number of amides is 2. The summed E-state index contributed by atoms with van der Waals surface area (Å²) in [4.78, 5) is 25.3. The first-order valence-corrected chi connectivity index (χ1v) is 9.29. The number of hydrogen-bond acceptors (Lipinski definition) is 5. The van der Waals surface area contributed by atoms with Crippen LogP contribution in [0.15, 0.2) is 60.8 Å². The summed E-state index contributed by atoms with van der Waals surface area (Å²) in [7, 11) is 0. The van der Waals surface area contributed by atoms with Gasteiger partial charge in [0.1, 0.15) is 0 Å². The van der Waals surface area contributed by atoms with E-state index in [9.17, 15) is 14.7 Å². The molecule has 0 unspecified atom stereocenters. The van der Waals surface area contributed by atoms with Crippen LogP contribution >= 0.6 is 11.3 Å². The molecule has 2 heterocycles. The second-order valence-corrected chi connectivity index (χ2v) is 7.16. The van der Waals surface area contributed by atoms with Crippen LogP contribution in [0.3, 0.4) is 0 Å². The number of benzene rings is 2. The number of rotatable bonds is 3. The third-order valence-electron chi connectivity index (χ3n) is 4.27. The van der Waals surface area contributed by atoms with Crippen LogP contribution in [0.2, 0.25) is 0 Å². The van der Waals surface area contributed by atoms with Crippen molar-refractivity contribution < 1.29 is 14.7 Å². The Morgan fingerprint density at radius 3 is 2.43 bits per heavy atom. The lowest BCUT2D eigenvalue weighted by Gasteiger charge is -2.05. The van der Waals surface area contributed by atoms with Crippen LogP contribution in [0, 0.1) is 6.92 Å². The average molecular weight is 392 g/mol. The van der Waals surface area contributed by atoms with E-state index in [0.29, 0.717) is 10.6 Å². The molecule has 140 valence electrons. The first kappa shape index (κ1) is 17.7. The predicted octanol–water partition coefficient (Wildman–Crippen LogP) is 3.18. The highest BCUT2D eigenvalue weighted by molar-refractivity contribution is 7.21. The van der Waals surface area contributed by atoms with Crippen LogP contribution in [0.5, 0.6) is 5.75 Å². The minimum Gasteiger partial charge on any atom is -0.504 e. The lowest BCUT2D eigenvalue weighted by Crippen LogP contribution is -2.41. The van der Waals surface area contributed by atoms with Crippen LogP contribution in [-0.4, -0.2) is 26.7 Å². The van der Waals surface area contributed by atoms with Crippen molar-refractivity contribution in [3.63, 3.8) is 0 Å². The molecule has 0 aliphatic carbocycles. The molecule has 2 aromatic carbocycles. The molecule has 0 aliphatic heterocycles. The summed E-state index contributed by atoms with van der Waals surface area (Å²) in [5.74, 6) is -1.41. The number of nitrogens with one attached hydrogen (secondary N) is 2. The molecule has 28 heavy (non-hydrogen) atoms. The largest absolute Gasteiger partial charge is 0.504 e. The van der Waals surface area contributed by atoms with Gasteiger partial charge in [-0.2, -0.15) is 5.10 Å². The summed E-state index contributed by atoms with van der Waals surface area (Å²) in [6.07, 6.45) is 1.34. The highest BCUT2D eigenvalue weighted by Crippen LogP contribution is 2.30. The summed E-state index contributed by atoms with van der Waals surface area (Å²) < 4.78 is 2.39. The lowest BCUT2D eigenvalue weighted by molar-refractivity contribution is 0.0844. The van der Waals surface area contributed by atoms with Gasteiger partial charge < -0.3 is 5.11 Å². The lowest BCUT2D eigenvalue weighted by atomic mass is 10.1. The standard InChI is InChI=1S/C20H16N4O3S/c1-12-14-9-5-6-10-16(14)28-18(12)20(27)22-21-19(26)17-15(25)11-24(23-17)13-7-3-2-4-8-13/h2-11,25H,1H3,(H,21,26)(H,22,27). The van der Waals surface area contributed by atoms with Crippen LogP contribution in [0.4, 0.5) is 0 Å². The van der Waals surface area contributed by atoms with Crippen molar-refractivity contribution in [2.45, 2.75) is 6.92 Å². The molecule has 2 aromatic heterocycles. The summed E-state index contributed by atoms with van der Waals surface area (Å²) in [6, 6.07) is 16.8. The minimum atomic E-state index is -0.709. The Morgan fingerprint density at radius 2 is 1.68 bits per heavy atom. The predicted molar refractivity (Wildman–Crippen MR) is 107 cm³/mol. The van der Waals surface area contributed by atoms with Crippen molar-refractivity contribution in [1.82, 2.24) is 20.6 Å². The maximum absolute atomic E-state index is 12.5. The van der Waals surface area contributed by atoms with E-state index >= 15 is 0 Å². The Bertz CT molecular complexity index is 1180. The highest BCUT2D eigenvalue weighted by atomic mass is 32.1. The molecule has 4 rings (SSSR count). The van der Waals surface area contributed by atoms with Gasteiger partial charge in [-0.1, -0.05) is 36.4 Å². The fourth-order valence-corrected chi connectivity index (χ4v) is 3.96. The SMILES string of the molecule is Cc1c(C(=O)NNC(=O)c2nn(-c3ccccc3)cc2O)sc2ccccc12. The number of para-hydroxylation sites is 1. The molecule has 3 N–H and O–H groups in total. The Balaban J connectivity index is 1.49. The van der Waals surface area contributed by atoms with Crippen molar-refractivity contribution in [3.05, 3.63) is 76.9 Å². The third-order valence-corrected chi connectivity index (χ3v) is 5.54. The van der Waals surface area contributed by atoms with Gasteiger partial charge in [-0.05, 0) is 36.1 Å². The first-order valence-electron chi connectivity index (χ1n) is 8.47. The van der Waals surface area contributed by atoms with E-state index < -0.39 is 11.8 Å². The summed E-state index contributed by atoms with van der Waals surface area (Å²) in [5, 5.41) is 15.1. The van der Waals surface area contributed by atoms with Gasteiger partial charge in [0.05, 0.1) is 16.8 Å². The molecule has 0 atom stereocenters. The number of hydrazine groups is 1. The number of hydrogen-bond donors (Lipinski definition) is 3. The number of carbonyl (C=O) groups excluding carboxylic acids is 2. The monoisotopic (exact) mass is 392 g/mol. The summed E-state index contributed by atoms with van der Waals surface area (Å²) >= 11 is 1.35. The van der Waals surface area contributed by atoms with Crippen LogP contribution in [0.25, 0.3) is 15.8 Å². The van der Waals surface area contributed by atoms with Gasteiger partial charge in [-0.15, -0.1) is 11.3 Å². The number of fused-ring (bicyclic) bond motifs is 1. The van der Waals surface area contributed by atoms with E-state index in [1.807, 2.05) is 49.4 Å². The van der Waals surface area contributed by atoms with E-state index in [1.165, 1.54) is 22.2 Å². The fourth-order valence-electron chi connectivity index (χ4n) is 2.86. The highest BCUT2D eigenvalue weighted by Gasteiger charge is 2.20. The quantitative estimate of drug-likeness (QED) is 0.467. The molecule has 2 amide bonds. The van der Waals surface area contributed by atoms with E-state index in [4.69, 9.17) is 0 Å². The second kappa shape index (κ2) is 7.16. The van der Waals surface area contributed by atoms with Crippen molar-refractivity contribution in [3.8, 4) is 11.4 Å².